The summed E-state index contributed by atoms with van der Waals surface area (Å²) in [5.74, 6) is 0.310. The van der Waals surface area contributed by atoms with Gasteiger partial charge < -0.3 is 9.80 Å². The van der Waals surface area contributed by atoms with Gasteiger partial charge in [0.15, 0.2) is 5.13 Å². The minimum Gasteiger partial charge on any atom is -0.347 e. The molecule has 2 aromatic rings. The number of hydrogen-bond acceptors (Lipinski definition) is 6. The highest BCUT2D eigenvalue weighted by atomic mass is 32.1. The van der Waals surface area contributed by atoms with Crippen molar-refractivity contribution in [1.29, 1.82) is 0 Å². The summed E-state index contributed by atoms with van der Waals surface area (Å²) in [5, 5.41) is 6.18. The molecule has 0 aliphatic carbocycles. The minimum absolute atomic E-state index is 0.213. The third-order valence-electron chi connectivity index (χ3n) is 4.89. The van der Waals surface area contributed by atoms with Crippen LogP contribution in [0.4, 0.5) is 5.13 Å². The van der Waals surface area contributed by atoms with E-state index in [4.69, 9.17) is 0 Å². The number of likely N-dealkylation sites (tertiary alicyclic amines) is 1. The smallest absolute Gasteiger partial charge is 0.231 e. The second kappa shape index (κ2) is 5.87. The van der Waals surface area contributed by atoms with Gasteiger partial charge in [0.2, 0.25) is 5.91 Å². The van der Waals surface area contributed by atoms with Gasteiger partial charge in [0.05, 0.1) is 22.7 Å². The normalized spacial score (nSPS) is 24.8. The van der Waals surface area contributed by atoms with Crippen LogP contribution in [0.1, 0.15) is 30.0 Å². The predicted molar refractivity (Wildman–Crippen MR) is 92.9 cm³/mol. The van der Waals surface area contributed by atoms with Gasteiger partial charge in [0.25, 0.3) is 0 Å². The van der Waals surface area contributed by atoms with Crippen LogP contribution in [0.5, 0.6) is 0 Å². The summed E-state index contributed by atoms with van der Waals surface area (Å²) in [7, 11) is 0. The highest BCUT2D eigenvalue weighted by Gasteiger charge is 2.49. The quantitative estimate of drug-likeness (QED) is 0.856. The number of thiazole rings is 2. The molecule has 0 radical (unpaired) electrons. The Morgan fingerprint density at radius 3 is 2.96 bits per heavy atom. The summed E-state index contributed by atoms with van der Waals surface area (Å²) in [6.45, 7) is 5.33. The van der Waals surface area contributed by atoms with Crippen LogP contribution >= 0.6 is 22.7 Å². The van der Waals surface area contributed by atoms with E-state index >= 15 is 0 Å². The number of hydrogen-bond donors (Lipinski definition) is 0. The van der Waals surface area contributed by atoms with E-state index in [1.54, 1.807) is 22.7 Å². The Morgan fingerprint density at radius 1 is 1.30 bits per heavy atom. The fourth-order valence-corrected chi connectivity index (χ4v) is 5.04. The topological polar surface area (TPSA) is 49.3 Å². The highest BCUT2D eigenvalue weighted by Crippen LogP contribution is 2.42. The molecule has 2 saturated heterocycles. The molecule has 2 aliphatic rings. The summed E-state index contributed by atoms with van der Waals surface area (Å²) >= 11 is 3.31. The van der Waals surface area contributed by atoms with Crippen LogP contribution in [0.2, 0.25) is 0 Å². The van der Waals surface area contributed by atoms with Crippen molar-refractivity contribution >= 4 is 33.7 Å². The lowest BCUT2D eigenvalue weighted by Crippen LogP contribution is -2.47. The number of nitrogens with zero attached hydrogens (tertiary/aromatic N) is 4. The average molecular weight is 348 g/mol. The second-order valence-electron chi connectivity index (χ2n) is 6.45. The number of piperidine rings is 1. The molecule has 1 amide bonds. The molecule has 7 heteroatoms. The van der Waals surface area contributed by atoms with Gasteiger partial charge in [0.1, 0.15) is 0 Å². The van der Waals surface area contributed by atoms with Gasteiger partial charge >= 0.3 is 0 Å². The number of amides is 1. The SMILES string of the molecule is Cc1nc(CN2CCC3(CCCN(c4nccs4)C3)C2=O)cs1. The van der Waals surface area contributed by atoms with Crippen molar-refractivity contribution in [3.8, 4) is 0 Å². The first-order valence-electron chi connectivity index (χ1n) is 8.01. The first-order chi connectivity index (χ1) is 11.2. The van der Waals surface area contributed by atoms with E-state index in [0.717, 1.165) is 54.7 Å². The van der Waals surface area contributed by atoms with Crippen molar-refractivity contribution in [2.24, 2.45) is 5.41 Å². The number of carbonyl (C=O) groups excluding carboxylic acids is 1. The summed E-state index contributed by atoms with van der Waals surface area (Å²) in [6.07, 6.45) is 4.86. The van der Waals surface area contributed by atoms with Crippen LogP contribution in [0.15, 0.2) is 17.0 Å². The molecule has 2 aromatic heterocycles. The minimum atomic E-state index is -0.213. The molecule has 0 saturated carbocycles. The van der Waals surface area contributed by atoms with Crippen LogP contribution in [0.3, 0.4) is 0 Å². The zero-order chi connectivity index (χ0) is 15.9. The Labute approximate surface area is 144 Å². The van der Waals surface area contributed by atoms with Crippen molar-refractivity contribution in [3.05, 3.63) is 27.7 Å². The van der Waals surface area contributed by atoms with E-state index in [-0.39, 0.29) is 5.41 Å². The average Bonchev–Trinajstić information content (AvgIpc) is 3.27. The Morgan fingerprint density at radius 2 is 2.22 bits per heavy atom. The fraction of sp³-hybridized carbons (Fsp3) is 0.562. The Kier molecular flexibility index (Phi) is 3.85. The first kappa shape index (κ1) is 15.1. The molecule has 122 valence electrons. The number of aromatic nitrogens is 2. The Balaban J connectivity index is 1.49. The lowest BCUT2D eigenvalue weighted by atomic mass is 9.78. The molecule has 4 rings (SSSR count). The van der Waals surface area contributed by atoms with Crippen molar-refractivity contribution in [2.75, 3.05) is 24.5 Å². The van der Waals surface area contributed by atoms with Crippen LogP contribution in [0.25, 0.3) is 0 Å². The predicted octanol–water partition coefficient (Wildman–Crippen LogP) is 2.93. The maximum absolute atomic E-state index is 13.1. The lowest BCUT2D eigenvalue weighted by Gasteiger charge is -2.38. The zero-order valence-corrected chi connectivity index (χ0v) is 14.8. The van der Waals surface area contributed by atoms with Crippen LogP contribution in [0, 0.1) is 12.3 Å². The molecule has 1 unspecified atom stereocenters. The number of rotatable bonds is 3. The molecule has 23 heavy (non-hydrogen) atoms. The number of aryl methyl sites for hydroxylation is 1. The lowest BCUT2D eigenvalue weighted by molar-refractivity contribution is -0.137. The standard InChI is InChI=1S/C16H20N4OS2/c1-12-18-13(10-23-12)9-19-7-4-16(14(19)21)3-2-6-20(11-16)15-17-5-8-22-15/h5,8,10H,2-4,6-7,9,11H2,1H3. The molecule has 1 atom stereocenters. The van der Waals surface area contributed by atoms with E-state index in [2.05, 4.69) is 20.2 Å². The molecule has 0 aromatic carbocycles. The first-order valence-corrected chi connectivity index (χ1v) is 9.77. The fourth-order valence-electron chi connectivity index (χ4n) is 3.77. The van der Waals surface area contributed by atoms with E-state index in [9.17, 15) is 4.79 Å². The van der Waals surface area contributed by atoms with Crippen molar-refractivity contribution < 1.29 is 4.79 Å². The van der Waals surface area contributed by atoms with E-state index in [0.29, 0.717) is 12.5 Å². The van der Waals surface area contributed by atoms with Gasteiger partial charge in [-0.1, -0.05) is 0 Å². The van der Waals surface area contributed by atoms with Crippen molar-refractivity contribution in [3.63, 3.8) is 0 Å². The third kappa shape index (κ3) is 2.76. The zero-order valence-electron chi connectivity index (χ0n) is 13.2. The monoisotopic (exact) mass is 348 g/mol. The van der Waals surface area contributed by atoms with Crippen molar-refractivity contribution in [1.82, 2.24) is 14.9 Å². The molecule has 2 aliphatic heterocycles. The molecular formula is C16H20N4OS2. The second-order valence-corrected chi connectivity index (χ2v) is 8.39. The largest absolute Gasteiger partial charge is 0.347 e. The summed E-state index contributed by atoms with van der Waals surface area (Å²) in [4.78, 5) is 26.3. The van der Waals surface area contributed by atoms with E-state index in [1.807, 2.05) is 23.4 Å². The van der Waals surface area contributed by atoms with Gasteiger partial charge in [-0.3, -0.25) is 4.79 Å². The van der Waals surface area contributed by atoms with Gasteiger partial charge in [0, 0.05) is 36.6 Å². The van der Waals surface area contributed by atoms with Crippen LogP contribution in [-0.2, 0) is 11.3 Å². The third-order valence-corrected chi connectivity index (χ3v) is 6.54. The van der Waals surface area contributed by atoms with E-state index < -0.39 is 0 Å². The molecule has 4 heterocycles. The highest BCUT2D eigenvalue weighted by molar-refractivity contribution is 7.13. The molecule has 5 nitrogen and oxygen atoms in total. The van der Waals surface area contributed by atoms with Gasteiger partial charge in [-0.2, -0.15) is 0 Å². The van der Waals surface area contributed by atoms with Crippen LogP contribution < -0.4 is 4.90 Å². The summed E-state index contributed by atoms with van der Waals surface area (Å²) in [6, 6.07) is 0. The van der Waals surface area contributed by atoms with Gasteiger partial charge in [-0.05, 0) is 26.2 Å². The number of carbonyl (C=O) groups is 1. The molecule has 1 spiro atoms. The Bertz CT molecular complexity index is 699. The van der Waals surface area contributed by atoms with Crippen LogP contribution in [-0.4, -0.2) is 40.4 Å². The molecule has 0 bridgehead atoms. The molecule has 2 fully saturated rings. The molecule has 0 N–H and O–H groups in total. The Hall–Kier alpha value is -1.47. The summed E-state index contributed by atoms with van der Waals surface area (Å²) < 4.78 is 0. The maximum Gasteiger partial charge on any atom is 0.231 e. The molecular weight excluding hydrogens is 328 g/mol. The van der Waals surface area contributed by atoms with Gasteiger partial charge in [-0.25, -0.2) is 9.97 Å². The number of anilines is 1. The van der Waals surface area contributed by atoms with Gasteiger partial charge in [-0.15, -0.1) is 22.7 Å². The summed E-state index contributed by atoms with van der Waals surface area (Å²) in [5.41, 5.74) is 0.806. The van der Waals surface area contributed by atoms with E-state index in [1.165, 1.54) is 0 Å². The van der Waals surface area contributed by atoms with Crippen molar-refractivity contribution in [2.45, 2.75) is 32.7 Å². The maximum atomic E-state index is 13.1.